The van der Waals surface area contributed by atoms with Crippen LogP contribution in [0.2, 0.25) is 0 Å². The average Bonchev–Trinajstić information content (AvgIpc) is 3.24. The predicted octanol–water partition coefficient (Wildman–Crippen LogP) is 5.11. The fourth-order valence-corrected chi connectivity index (χ4v) is 3.74. The Kier molecular flexibility index (Phi) is 8.07. The van der Waals surface area contributed by atoms with E-state index in [2.05, 4.69) is 43.4 Å². The summed E-state index contributed by atoms with van der Waals surface area (Å²) in [6.07, 6.45) is 19.7. The summed E-state index contributed by atoms with van der Waals surface area (Å²) < 4.78 is 5.67. The van der Waals surface area contributed by atoms with E-state index in [1.54, 1.807) is 0 Å². The zero-order valence-electron chi connectivity index (χ0n) is 14.4. The Hall–Kier alpha value is -1.06. The van der Waals surface area contributed by atoms with Crippen molar-refractivity contribution in [1.29, 1.82) is 0 Å². The van der Waals surface area contributed by atoms with Crippen molar-refractivity contribution in [3.05, 3.63) is 36.5 Å². The molecule has 0 bridgehead atoms. The van der Waals surface area contributed by atoms with Crippen molar-refractivity contribution in [2.75, 3.05) is 0 Å². The Labute approximate surface area is 150 Å². The molecule has 0 aromatic heterocycles. The molecule has 0 radical (unpaired) electrons. The highest BCUT2D eigenvalue weighted by Gasteiger charge is 2.55. The van der Waals surface area contributed by atoms with Crippen LogP contribution in [0, 0.1) is 11.8 Å². The maximum Gasteiger partial charge on any atom is 0.303 e. The monoisotopic (exact) mass is 352 g/mol. The number of carboxylic acid groups (broad SMARTS) is 1. The number of fused-ring (bicyclic) bond motifs is 1. The first-order valence-corrected chi connectivity index (χ1v) is 9.55. The van der Waals surface area contributed by atoms with Gasteiger partial charge in [-0.25, -0.2) is 0 Å². The molecule has 2 aliphatic rings. The minimum atomic E-state index is -0.720. The Balaban J connectivity index is 1.60. The third kappa shape index (κ3) is 6.10. The topological polar surface area (TPSA) is 49.8 Å². The molecule has 134 valence electrons. The molecule has 5 unspecified atom stereocenters. The first kappa shape index (κ1) is 19.3. The summed E-state index contributed by atoms with van der Waals surface area (Å²) in [7, 11) is 0. The number of halogens is 1. The van der Waals surface area contributed by atoms with E-state index in [0.29, 0.717) is 30.5 Å². The quantitative estimate of drug-likeness (QED) is 0.243. The number of rotatable bonds is 11. The minimum absolute atomic E-state index is 0.250. The Morgan fingerprint density at radius 2 is 1.96 bits per heavy atom. The van der Waals surface area contributed by atoms with Gasteiger partial charge in [0.15, 0.2) is 0 Å². The fraction of sp³-hybridized carbons (Fsp3) is 0.650. The van der Waals surface area contributed by atoms with E-state index < -0.39 is 5.97 Å². The van der Waals surface area contributed by atoms with Crippen molar-refractivity contribution in [1.82, 2.24) is 0 Å². The van der Waals surface area contributed by atoms with Gasteiger partial charge in [-0.05, 0) is 44.4 Å². The van der Waals surface area contributed by atoms with Crippen molar-refractivity contribution in [3.8, 4) is 0 Å². The first-order chi connectivity index (χ1) is 11.6. The molecule has 0 spiro atoms. The van der Waals surface area contributed by atoms with E-state index >= 15 is 0 Å². The molecule has 1 aliphatic heterocycles. The summed E-state index contributed by atoms with van der Waals surface area (Å²) in [5.41, 5.74) is 0. The summed E-state index contributed by atoms with van der Waals surface area (Å²) in [6, 6.07) is 0. The van der Waals surface area contributed by atoms with Crippen LogP contribution in [0.4, 0.5) is 0 Å². The van der Waals surface area contributed by atoms with Crippen molar-refractivity contribution in [2.45, 2.75) is 69.5 Å². The lowest BCUT2D eigenvalue weighted by Crippen LogP contribution is -2.22. The zero-order valence-corrected chi connectivity index (χ0v) is 15.2. The Morgan fingerprint density at radius 3 is 2.67 bits per heavy atom. The number of hydrogen-bond donors (Lipinski definition) is 1. The number of unbranched alkanes of at least 4 members (excludes halogenated alkanes) is 1. The highest BCUT2D eigenvalue weighted by Crippen LogP contribution is 2.50. The Bertz CT molecular complexity index is 483. The molecule has 3 nitrogen and oxygen atoms in total. The molecule has 1 aliphatic carbocycles. The number of alkyl halides is 1. The molecular formula is C20H29ClO3. The molecule has 1 saturated carbocycles. The summed E-state index contributed by atoms with van der Waals surface area (Å²) in [6.45, 7) is 2.15. The second-order valence-corrected chi connectivity index (χ2v) is 7.23. The van der Waals surface area contributed by atoms with E-state index in [-0.39, 0.29) is 11.8 Å². The number of allylic oxidation sites excluding steroid dienone is 5. The average molecular weight is 353 g/mol. The van der Waals surface area contributed by atoms with Gasteiger partial charge in [0.1, 0.15) is 0 Å². The number of carboxylic acids is 1. The normalized spacial score (nSPS) is 30.4. The summed E-state index contributed by atoms with van der Waals surface area (Å²) in [5.74, 6) is 0.330. The van der Waals surface area contributed by atoms with Crippen LogP contribution in [0.1, 0.15) is 51.9 Å². The van der Waals surface area contributed by atoms with Gasteiger partial charge in [0.05, 0.1) is 12.2 Å². The maximum atomic E-state index is 10.4. The van der Waals surface area contributed by atoms with E-state index in [9.17, 15) is 4.79 Å². The third-order valence-corrected chi connectivity index (χ3v) is 5.48. The lowest BCUT2D eigenvalue weighted by molar-refractivity contribution is -0.137. The van der Waals surface area contributed by atoms with Gasteiger partial charge in [-0.2, -0.15) is 0 Å². The molecular weight excluding hydrogens is 324 g/mol. The molecule has 0 aromatic carbocycles. The van der Waals surface area contributed by atoms with Gasteiger partial charge in [-0.3, -0.25) is 4.79 Å². The van der Waals surface area contributed by atoms with Crippen LogP contribution in [-0.4, -0.2) is 28.7 Å². The standard InChI is InChI=1S/C20H29ClO3/c1-2-17(21)16-14-18-20(24-18)15(16)12-10-8-6-4-3-5-7-9-11-13-19(22)23/h4-7,10,12,15-18,20H,2-3,8-9,11,13-14H2,1H3,(H,22,23). The van der Waals surface area contributed by atoms with Gasteiger partial charge in [-0.1, -0.05) is 43.4 Å². The van der Waals surface area contributed by atoms with Crippen molar-refractivity contribution >= 4 is 17.6 Å². The Morgan fingerprint density at radius 1 is 1.25 bits per heavy atom. The predicted molar refractivity (Wildman–Crippen MR) is 98.3 cm³/mol. The van der Waals surface area contributed by atoms with E-state index in [4.69, 9.17) is 21.4 Å². The molecule has 0 amide bonds. The number of carbonyl (C=O) groups is 1. The highest BCUT2D eigenvalue weighted by molar-refractivity contribution is 6.20. The SMILES string of the molecule is CCC(Cl)C1CC2OC2C1C=CCC=CCC=CCCCC(=O)O. The molecule has 0 aromatic rings. The molecule has 2 fully saturated rings. The van der Waals surface area contributed by atoms with E-state index in [0.717, 1.165) is 32.1 Å². The van der Waals surface area contributed by atoms with Crippen LogP contribution < -0.4 is 0 Å². The number of aliphatic carboxylic acids is 1. The number of epoxide rings is 1. The molecule has 1 N–H and O–H groups in total. The van der Waals surface area contributed by atoms with Crippen LogP contribution in [0.5, 0.6) is 0 Å². The van der Waals surface area contributed by atoms with Gasteiger partial charge in [-0.15, -0.1) is 11.6 Å². The fourth-order valence-electron chi connectivity index (χ4n) is 3.47. The molecule has 2 rings (SSSR count). The van der Waals surface area contributed by atoms with Gasteiger partial charge in [0, 0.05) is 17.7 Å². The molecule has 5 atom stereocenters. The van der Waals surface area contributed by atoms with E-state index in [1.165, 1.54) is 0 Å². The molecule has 1 saturated heterocycles. The van der Waals surface area contributed by atoms with E-state index in [1.807, 2.05) is 0 Å². The van der Waals surface area contributed by atoms with Gasteiger partial charge in [0.2, 0.25) is 0 Å². The van der Waals surface area contributed by atoms with Crippen LogP contribution in [0.15, 0.2) is 36.5 Å². The smallest absolute Gasteiger partial charge is 0.303 e. The molecule has 1 heterocycles. The summed E-state index contributed by atoms with van der Waals surface area (Å²) in [5, 5.41) is 8.80. The highest BCUT2D eigenvalue weighted by atomic mass is 35.5. The number of ether oxygens (including phenoxy) is 1. The second kappa shape index (κ2) is 10.0. The second-order valence-electron chi connectivity index (χ2n) is 6.67. The molecule has 24 heavy (non-hydrogen) atoms. The van der Waals surface area contributed by atoms with Crippen LogP contribution in [-0.2, 0) is 9.53 Å². The van der Waals surface area contributed by atoms with Crippen LogP contribution >= 0.6 is 11.6 Å². The molecule has 4 heteroatoms. The largest absolute Gasteiger partial charge is 0.481 e. The van der Waals surface area contributed by atoms with Crippen molar-refractivity contribution < 1.29 is 14.6 Å². The lowest BCUT2D eigenvalue weighted by atomic mass is 9.90. The minimum Gasteiger partial charge on any atom is -0.481 e. The van der Waals surface area contributed by atoms with Gasteiger partial charge in [0.25, 0.3) is 0 Å². The van der Waals surface area contributed by atoms with Gasteiger partial charge < -0.3 is 9.84 Å². The van der Waals surface area contributed by atoms with Crippen molar-refractivity contribution in [3.63, 3.8) is 0 Å². The van der Waals surface area contributed by atoms with Gasteiger partial charge >= 0.3 is 5.97 Å². The third-order valence-electron chi connectivity index (χ3n) is 4.85. The zero-order chi connectivity index (χ0) is 17.4. The first-order valence-electron chi connectivity index (χ1n) is 9.11. The summed E-state index contributed by atoms with van der Waals surface area (Å²) in [4.78, 5) is 10.4. The van der Waals surface area contributed by atoms with Crippen LogP contribution in [0.3, 0.4) is 0 Å². The summed E-state index contributed by atoms with van der Waals surface area (Å²) >= 11 is 6.46. The maximum absolute atomic E-state index is 10.4. The number of hydrogen-bond acceptors (Lipinski definition) is 2. The van der Waals surface area contributed by atoms with Crippen molar-refractivity contribution in [2.24, 2.45) is 11.8 Å². The lowest BCUT2D eigenvalue weighted by Gasteiger charge is -2.23. The van der Waals surface area contributed by atoms with Crippen LogP contribution in [0.25, 0.3) is 0 Å².